The van der Waals surface area contributed by atoms with Gasteiger partial charge in [0.15, 0.2) is 0 Å². The quantitative estimate of drug-likeness (QED) is 0.196. The van der Waals surface area contributed by atoms with Gasteiger partial charge in [-0.1, -0.05) is 60.7 Å². The third-order valence-electron chi connectivity index (χ3n) is 5.62. The van der Waals surface area contributed by atoms with Gasteiger partial charge < -0.3 is 9.32 Å². The highest BCUT2D eigenvalue weighted by Gasteiger charge is 2.29. The SMILES string of the molecule is O=C1/C(=C/c2ccc(-c3ccc([N+](=O)[O-])cc3)o2)C=C(c2ccccc2)N1Cc1ccccc1. The predicted octanol–water partition coefficient (Wildman–Crippen LogP) is 6.32. The number of furan rings is 1. The second kappa shape index (κ2) is 9.03. The van der Waals surface area contributed by atoms with Gasteiger partial charge in [-0.3, -0.25) is 14.9 Å². The molecule has 0 radical (unpaired) electrons. The van der Waals surface area contributed by atoms with E-state index in [4.69, 9.17) is 4.42 Å². The summed E-state index contributed by atoms with van der Waals surface area (Å²) >= 11 is 0. The molecule has 1 aliphatic heterocycles. The van der Waals surface area contributed by atoms with Crippen molar-refractivity contribution in [1.82, 2.24) is 4.90 Å². The lowest BCUT2D eigenvalue weighted by molar-refractivity contribution is -0.384. The summed E-state index contributed by atoms with van der Waals surface area (Å²) in [5, 5.41) is 10.9. The van der Waals surface area contributed by atoms with E-state index in [9.17, 15) is 14.9 Å². The molecular weight excluding hydrogens is 428 g/mol. The van der Waals surface area contributed by atoms with Crippen molar-refractivity contribution >= 4 is 23.4 Å². The number of non-ortho nitro benzene ring substituents is 1. The second-order valence-corrected chi connectivity index (χ2v) is 7.88. The summed E-state index contributed by atoms with van der Waals surface area (Å²) < 4.78 is 5.93. The lowest BCUT2D eigenvalue weighted by Crippen LogP contribution is -2.25. The summed E-state index contributed by atoms with van der Waals surface area (Å²) in [5.41, 5.74) is 4.10. The molecule has 5 rings (SSSR count). The molecule has 6 nitrogen and oxygen atoms in total. The summed E-state index contributed by atoms with van der Waals surface area (Å²) in [6, 6.07) is 29.4. The van der Waals surface area contributed by atoms with E-state index in [0.717, 1.165) is 22.4 Å². The molecule has 0 saturated carbocycles. The van der Waals surface area contributed by atoms with Gasteiger partial charge in [0.1, 0.15) is 11.5 Å². The first-order valence-electron chi connectivity index (χ1n) is 10.8. The number of benzene rings is 3. The van der Waals surface area contributed by atoms with Gasteiger partial charge in [-0.25, -0.2) is 0 Å². The van der Waals surface area contributed by atoms with E-state index in [1.807, 2.05) is 66.7 Å². The third-order valence-corrected chi connectivity index (χ3v) is 5.62. The van der Waals surface area contributed by atoms with Crippen LogP contribution in [0.4, 0.5) is 5.69 Å². The van der Waals surface area contributed by atoms with E-state index in [1.54, 1.807) is 35.2 Å². The fourth-order valence-corrected chi connectivity index (χ4v) is 3.91. The van der Waals surface area contributed by atoms with Crippen molar-refractivity contribution in [3.63, 3.8) is 0 Å². The number of carbonyl (C=O) groups is 1. The van der Waals surface area contributed by atoms with Crippen molar-refractivity contribution in [3.8, 4) is 11.3 Å². The summed E-state index contributed by atoms with van der Waals surface area (Å²) in [6.07, 6.45) is 3.61. The number of nitro benzene ring substituents is 1. The van der Waals surface area contributed by atoms with Crippen LogP contribution in [0, 0.1) is 10.1 Å². The largest absolute Gasteiger partial charge is 0.457 e. The van der Waals surface area contributed by atoms with Crippen molar-refractivity contribution in [3.05, 3.63) is 136 Å². The number of carbonyl (C=O) groups excluding carboxylic acids is 1. The third kappa shape index (κ3) is 4.29. The monoisotopic (exact) mass is 448 g/mol. The molecule has 0 saturated heterocycles. The molecule has 2 heterocycles. The predicted molar refractivity (Wildman–Crippen MR) is 130 cm³/mol. The summed E-state index contributed by atoms with van der Waals surface area (Å²) in [4.78, 5) is 25.6. The lowest BCUT2D eigenvalue weighted by Gasteiger charge is -2.20. The molecule has 0 spiro atoms. The molecule has 0 fully saturated rings. The molecule has 1 aromatic heterocycles. The van der Waals surface area contributed by atoms with Crippen molar-refractivity contribution in [1.29, 1.82) is 0 Å². The highest BCUT2D eigenvalue weighted by atomic mass is 16.6. The average molecular weight is 448 g/mol. The number of nitro groups is 1. The molecule has 0 bridgehead atoms. The van der Waals surface area contributed by atoms with Crippen LogP contribution in [0.2, 0.25) is 0 Å². The first-order valence-corrected chi connectivity index (χ1v) is 10.8. The van der Waals surface area contributed by atoms with Crippen LogP contribution >= 0.6 is 0 Å². The fraction of sp³-hybridized carbons (Fsp3) is 0.0357. The van der Waals surface area contributed by atoms with Gasteiger partial charge >= 0.3 is 0 Å². The van der Waals surface area contributed by atoms with Crippen molar-refractivity contribution in [2.45, 2.75) is 6.54 Å². The van der Waals surface area contributed by atoms with E-state index >= 15 is 0 Å². The summed E-state index contributed by atoms with van der Waals surface area (Å²) in [6.45, 7) is 0.462. The normalized spacial score (nSPS) is 14.5. The van der Waals surface area contributed by atoms with Gasteiger partial charge in [0.05, 0.1) is 17.2 Å². The second-order valence-electron chi connectivity index (χ2n) is 7.88. The van der Waals surface area contributed by atoms with Crippen molar-refractivity contribution in [2.75, 3.05) is 0 Å². The molecule has 1 aliphatic rings. The van der Waals surface area contributed by atoms with Gasteiger partial charge in [0.25, 0.3) is 11.6 Å². The first kappa shape index (κ1) is 21.2. The maximum Gasteiger partial charge on any atom is 0.269 e. The molecular formula is C28H20N2O4. The summed E-state index contributed by atoms with van der Waals surface area (Å²) in [5.74, 6) is 0.999. The van der Waals surface area contributed by atoms with Crippen LogP contribution in [-0.2, 0) is 11.3 Å². The Kier molecular flexibility index (Phi) is 5.62. The Labute approximate surface area is 196 Å². The summed E-state index contributed by atoms with van der Waals surface area (Å²) in [7, 11) is 0. The number of nitrogens with zero attached hydrogens (tertiary/aromatic N) is 2. The number of rotatable bonds is 6. The van der Waals surface area contributed by atoms with Crippen LogP contribution in [0.3, 0.4) is 0 Å². The van der Waals surface area contributed by atoms with Crippen LogP contribution in [0.1, 0.15) is 16.9 Å². The average Bonchev–Trinajstić information content (AvgIpc) is 3.46. The molecule has 166 valence electrons. The number of hydrogen-bond acceptors (Lipinski definition) is 4. The maximum absolute atomic E-state index is 13.4. The Morgan fingerprint density at radius 2 is 1.50 bits per heavy atom. The minimum Gasteiger partial charge on any atom is -0.457 e. The zero-order valence-corrected chi connectivity index (χ0v) is 18.1. The molecule has 0 atom stereocenters. The van der Waals surface area contributed by atoms with Crippen LogP contribution in [-0.4, -0.2) is 15.7 Å². The Bertz CT molecular complexity index is 1400. The Morgan fingerprint density at radius 1 is 0.824 bits per heavy atom. The number of amides is 1. The standard InChI is InChI=1S/C28H20N2O4/c31-28-23(17-25-15-16-27(34-25)22-11-13-24(14-12-22)30(32)33)18-26(21-9-5-2-6-10-21)29(28)19-20-7-3-1-4-8-20/h1-18H,19H2/b23-17+. The van der Waals surface area contributed by atoms with Crippen LogP contribution in [0.25, 0.3) is 23.1 Å². The Balaban J connectivity index is 1.46. The van der Waals surface area contributed by atoms with Crippen LogP contribution in [0.5, 0.6) is 0 Å². The van der Waals surface area contributed by atoms with E-state index in [2.05, 4.69) is 0 Å². The van der Waals surface area contributed by atoms with Gasteiger partial charge in [0, 0.05) is 23.3 Å². The Morgan fingerprint density at radius 3 is 2.18 bits per heavy atom. The van der Waals surface area contributed by atoms with Gasteiger partial charge in [-0.05, 0) is 47.5 Å². The Hall–Kier alpha value is -4.71. The van der Waals surface area contributed by atoms with Crippen LogP contribution in [0.15, 0.2) is 113 Å². The van der Waals surface area contributed by atoms with Crippen molar-refractivity contribution < 1.29 is 14.1 Å². The molecule has 1 amide bonds. The van der Waals surface area contributed by atoms with E-state index in [-0.39, 0.29) is 11.6 Å². The zero-order chi connectivity index (χ0) is 23.5. The molecule has 34 heavy (non-hydrogen) atoms. The highest BCUT2D eigenvalue weighted by molar-refractivity contribution is 6.10. The van der Waals surface area contributed by atoms with Crippen molar-refractivity contribution in [2.24, 2.45) is 0 Å². The molecule has 6 heteroatoms. The molecule has 3 aromatic carbocycles. The number of hydrogen-bond donors (Lipinski definition) is 0. The lowest BCUT2D eigenvalue weighted by atomic mass is 10.1. The smallest absolute Gasteiger partial charge is 0.269 e. The molecule has 4 aromatic rings. The minimum atomic E-state index is -0.439. The van der Waals surface area contributed by atoms with Gasteiger partial charge in [-0.15, -0.1) is 0 Å². The first-order chi connectivity index (χ1) is 16.6. The zero-order valence-electron chi connectivity index (χ0n) is 18.1. The van der Waals surface area contributed by atoms with E-state index in [0.29, 0.717) is 23.6 Å². The van der Waals surface area contributed by atoms with Gasteiger partial charge in [-0.2, -0.15) is 0 Å². The maximum atomic E-state index is 13.4. The topological polar surface area (TPSA) is 76.6 Å². The molecule has 0 aliphatic carbocycles. The van der Waals surface area contributed by atoms with E-state index < -0.39 is 4.92 Å². The van der Waals surface area contributed by atoms with Gasteiger partial charge in [0.2, 0.25) is 0 Å². The van der Waals surface area contributed by atoms with Crippen LogP contribution < -0.4 is 0 Å². The molecule has 0 N–H and O–H groups in total. The minimum absolute atomic E-state index is 0.0197. The van der Waals surface area contributed by atoms with E-state index in [1.165, 1.54) is 12.1 Å². The fourth-order valence-electron chi connectivity index (χ4n) is 3.91. The molecule has 0 unspecified atom stereocenters. The highest BCUT2D eigenvalue weighted by Crippen LogP contribution is 2.33.